The Labute approximate surface area is 175 Å². The van der Waals surface area contributed by atoms with Gasteiger partial charge >= 0.3 is 0 Å². The highest BCUT2D eigenvalue weighted by Crippen LogP contribution is 2.26. The smallest absolute Gasteiger partial charge is 0.243 e. The Morgan fingerprint density at radius 1 is 1.10 bits per heavy atom. The summed E-state index contributed by atoms with van der Waals surface area (Å²) in [6.07, 6.45) is 4.59. The summed E-state index contributed by atoms with van der Waals surface area (Å²) in [5.41, 5.74) is 0. The molecule has 0 unspecified atom stereocenters. The van der Waals surface area contributed by atoms with Crippen molar-refractivity contribution in [3.8, 4) is 0 Å². The zero-order chi connectivity index (χ0) is 20.9. The largest absolute Gasteiger partial charge is 0.355 e. The van der Waals surface area contributed by atoms with Crippen molar-refractivity contribution >= 4 is 15.9 Å². The predicted molar refractivity (Wildman–Crippen MR) is 115 cm³/mol. The molecule has 0 spiro atoms. The van der Waals surface area contributed by atoms with Gasteiger partial charge in [0.05, 0.1) is 4.90 Å². The molecule has 6 nitrogen and oxygen atoms in total. The van der Waals surface area contributed by atoms with Crippen LogP contribution in [0.2, 0.25) is 0 Å². The van der Waals surface area contributed by atoms with Gasteiger partial charge in [0.15, 0.2) is 0 Å². The minimum absolute atomic E-state index is 0.165. The van der Waals surface area contributed by atoms with Crippen LogP contribution in [0.5, 0.6) is 0 Å². The van der Waals surface area contributed by atoms with Crippen LogP contribution in [-0.4, -0.2) is 62.3 Å². The average Bonchev–Trinajstić information content (AvgIpc) is 3.18. The maximum atomic E-state index is 12.9. The summed E-state index contributed by atoms with van der Waals surface area (Å²) >= 11 is 0. The number of nitrogens with zero attached hydrogens (tertiary/aromatic N) is 2. The normalized spacial score (nSPS) is 26.5. The third kappa shape index (κ3) is 5.80. The highest BCUT2D eigenvalue weighted by molar-refractivity contribution is 7.89. The van der Waals surface area contributed by atoms with Crippen LogP contribution < -0.4 is 5.32 Å². The second-order valence-corrected chi connectivity index (χ2v) is 10.7. The van der Waals surface area contributed by atoms with Crippen molar-refractivity contribution in [2.75, 3.05) is 32.7 Å². The van der Waals surface area contributed by atoms with Crippen molar-refractivity contribution < 1.29 is 13.2 Å². The first-order valence-corrected chi connectivity index (χ1v) is 12.4. The van der Waals surface area contributed by atoms with Crippen LogP contribution in [0.3, 0.4) is 0 Å². The Bertz CT molecular complexity index is 759. The number of benzene rings is 1. The monoisotopic (exact) mass is 421 g/mol. The Morgan fingerprint density at radius 2 is 1.79 bits per heavy atom. The van der Waals surface area contributed by atoms with Gasteiger partial charge in [0, 0.05) is 26.2 Å². The lowest BCUT2D eigenvalue weighted by Gasteiger charge is -2.34. The molecular formula is C22H35N3O3S. The molecule has 1 amide bonds. The van der Waals surface area contributed by atoms with Crippen molar-refractivity contribution in [3.63, 3.8) is 0 Å². The number of hydrogen-bond donors (Lipinski definition) is 1. The van der Waals surface area contributed by atoms with E-state index in [0.717, 1.165) is 37.6 Å². The van der Waals surface area contributed by atoms with Gasteiger partial charge in [-0.1, -0.05) is 32.0 Å². The molecule has 2 aliphatic rings. The van der Waals surface area contributed by atoms with E-state index in [1.807, 2.05) is 0 Å². The lowest BCUT2D eigenvalue weighted by atomic mass is 9.92. The van der Waals surface area contributed by atoms with Gasteiger partial charge in [0.25, 0.3) is 0 Å². The fourth-order valence-electron chi connectivity index (χ4n) is 4.78. The van der Waals surface area contributed by atoms with Crippen LogP contribution in [-0.2, 0) is 14.8 Å². The molecule has 0 bridgehead atoms. The molecule has 1 aromatic carbocycles. The Kier molecular flexibility index (Phi) is 7.71. The summed E-state index contributed by atoms with van der Waals surface area (Å²) in [4.78, 5) is 15.4. The molecule has 1 aromatic rings. The molecule has 0 aromatic heterocycles. The van der Waals surface area contributed by atoms with Crippen LogP contribution in [0, 0.1) is 11.8 Å². The molecule has 7 heteroatoms. The summed E-state index contributed by atoms with van der Waals surface area (Å²) in [5, 5.41) is 2.97. The van der Waals surface area contributed by atoms with Crippen molar-refractivity contribution in [2.24, 2.45) is 11.8 Å². The van der Waals surface area contributed by atoms with E-state index < -0.39 is 16.1 Å². The molecule has 3 atom stereocenters. The SMILES string of the molecule is C[C@@H]1C[C@H](C)CN(CCCCNC(=O)[C@@H]2CCCN2S(=O)(=O)c2ccccc2)C1. The molecule has 1 N–H and O–H groups in total. The van der Waals surface area contributed by atoms with E-state index in [1.54, 1.807) is 30.3 Å². The molecule has 29 heavy (non-hydrogen) atoms. The van der Waals surface area contributed by atoms with E-state index in [4.69, 9.17) is 0 Å². The standard InChI is InChI=1S/C22H35N3O3S/c1-18-15-19(2)17-24(16-18)13-7-6-12-23-22(26)21-11-8-14-25(21)29(27,28)20-9-4-3-5-10-20/h3-5,9-10,18-19,21H,6-8,11-17H2,1-2H3,(H,23,26)/t18-,19+,21-/m0/s1. The van der Waals surface area contributed by atoms with Crippen LogP contribution in [0.25, 0.3) is 0 Å². The van der Waals surface area contributed by atoms with Gasteiger partial charge in [-0.25, -0.2) is 8.42 Å². The number of unbranched alkanes of at least 4 members (excludes halogenated alkanes) is 1. The van der Waals surface area contributed by atoms with Crippen LogP contribution in [0.4, 0.5) is 0 Å². The van der Waals surface area contributed by atoms with Crippen molar-refractivity contribution in [1.29, 1.82) is 0 Å². The zero-order valence-electron chi connectivity index (χ0n) is 17.7. The predicted octanol–water partition coefficient (Wildman–Crippen LogP) is 2.71. The molecule has 2 saturated heterocycles. The fraction of sp³-hybridized carbons (Fsp3) is 0.682. The van der Waals surface area contributed by atoms with Gasteiger partial charge in [0.2, 0.25) is 15.9 Å². The maximum Gasteiger partial charge on any atom is 0.243 e. The Balaban J connectivity index is 1.44. The number of rotatable bonds is 8. The minimum atomic E-state index is -3.63. The number of carbonyl (C=O) groups excluding carboxylic acids is 1. The van der Waals surface area contributed by atoms with Gasteiger partial charge < -0.3 is 10.2 Å². The second-order valence-electron chi connectivity index (χ2n) is 8.79. The number of nitrogens with one attached hydrogen (secondary N) is 1. The molecule has 2 fully saturated rings. The molecule has 2 heterocycles. The van der Waals surface area contributed by atoms with Crippen LogP contribution in [0.1, 0.15) is 46.0 Å². The molecule has 3 rings (SSSR count). The Morgan fingerprint density at radius 3 is 2.48 bits per heavy atom. The zero-order valence-corrected chi connectivity index (χ0v) is 18.5. The lowest BCUT2D eigenvalue weighted by Crippen LogP contribution is -2.46. The molecule has 2 aliphatic heterocycles. The summed E-state index contributed by atoms with van der Waals surface area (Å²) in [5.74, 6) is 1.36. The van der Waals surface area contributed by atoms with Crippen molar-refractivity contribution in [1.82, 2.24) is 14.5 Å². The first-order chi connectivity index (χ1) is 13.9. The van der Waals surface area contributed by atoms with Gasteiger partial charge in [-0.15, -0.1) is 0 Å². The second kappa shape index (κ2) is 10.0. The number of hydrogen-bond acceptors (Lipinski definition) is 4. The number of piperidine rings is 1. The first-order valence-electron chi connectivity index (χ1n) is 10.9. The Hall–Kier alpha value is -1.44. The van der Waals surface area contributed by atoms with E-state index in [1.165, 1.54) is 23.8 Å². The maximum absolute atomic E-state index is 12.9. The molecule has 0 saturated carbocycles. The van der Waals surface area contributed by atoms with Crippen molar-refractivity contribution in [3.05, 3.63) is 30.3 Å². The molecule has 0 aliphatic carbocycles. The summed E-state index contributed by atoms with van der Waals surface area (Å²) < 4.78 is 27.2. The number of sulfonamides is 1. The highest BCUT2D eigenvalue weighted by Gasteiger charge is 2.39. The third-order valence-electron chi connectivity index (χ3n) is 6.00. The summed E-state index contributed by atoms with van der Waals surface area (Å²) in [7, 11) is -3.63. The topological polar surface area (TPSA) is 69.7 Å². The van der Waals surface area contributed by atoms with E-state index in [0.29, 0.717) is 19.5 Å². The van der Waals surface area contributed by atoms with Crippen LogP contribution >= 0.6 is 0 Å². The number of likely N-dealkylation sites (tertiary alicyclic amines) is 1. The van der Waals surface area contributed by atoms with E-state index >= 15 is 0 Å². The van der Waals surface area contributed by atoms with E-state index in [9.17, 15) is 13.2 Å². The summed E-state index contributed by atoms with van der Waals surface area (Å²) in [6.45, 7) is 9.06. The van der Waals surface area contributed by atoms with Crippen LogP contribution in [0.15, 0.2) is 35.2 Å². The molecule has 0 radical (unpaired) electrons. The van der Waals surface area contributed by atoms with Gasteiger partial charge in [0.1, 0.15) is 6.04 Å². The average molecular weight is 422 g/mol. The molecule has 162 valence electrons. The van der Waals surface area contributed by atoms with Crippen molar-refractivity contribution in [2.45, 2.75) is 56.9 Å². The summed E-state index contributed by atoms with van der Waals surface area (Å²) in [6, 6.07) is 7.79. The highest BCUT2D eigenvalue weighted by atomic mass is 32.2. The first kappa shape index (κ1) is 22.2. The minimum Gasteiger partial charge on any atom is -0.355 e. The lowest BCUT2D eigenvalue weighted by molar-refractivity contribution is -0.124. The number of amides is 1. The van der Waals surface area contributed by atoms with E-state index in [-0.39, 0.29) is 10.8 Å². The van der Waals surface area contributed by atoms with Gasteiger partial charge in [-0.2, -0.15) is 4.31 Å². The third-order valence-corrected chi connectivity index (χ3v) is 7.92. The fourth-order valence-corrected chi connectivity index (χ4v) is 6.46. The van der Waals surface area contributed by atoms with Gasteiger partial charge in [-0.3, -0.25) is 4.79 Å². The van der Waals surface area contributed by atoms with E-state index in [2.05, 4.69) is 24.1 Å². The molecular weight excluding hydrogens is 386 g/mol. The quantitative estimate of drug-likeness (QED) is 0.655. The van der Waals surface area contributed by atoms with Gasteiger partial charge in [-0.05, 0) is 62.6 Å². The number of carbonyl (C=O) groups is 1.